The molecule has 28 heavy (non-hydrogen) atoms. The van der Waals surface area contributed by atoms with Gasteiger partial charge in [-0.2, -0.15) is 0 Å². The molecule has 1 aromatic rings. The summed E-state index contributed by atoms with van der Waals surface area (Å²) in [7, 11) is 2.20. The number of guanidine groups is 1. The Labute approximate surface area is 171 Å². The van der Waals surface area contributed by atoms with Crippen LogP contribution in [0.25, 0.3) is 0 Å². The van der Waals surface area contributed by atoms with Gasteiger partial charge in [-0.15, -0.1) is 0 Å². The average Bonchev–Trinajstić information content (AvgIpc) is 2.67. The Morgan fingerprint density at radius 1 is 1.11 bits per heavy atom. The average molecular weight is 390 g/mol. The Hall–Kier alpha value is -1.79. The highest BCUT2D eigenvalue weighted by atomic mass is 16.5. The summed E-state index contributed by atoms with van der Waals surface area (Å²) in [5.74, 6) is 2.36. The summed E-state index contributed by atoms with van der Waals surface area (Å²) in [6.45, 7) is 16.3. The number of hydrogen-bond donors (Lipinski definition) is 2. The number of likely N-dealkylation sites (N-methyl/N-ethyl adjacent to an activating group) is 1. The summed E-state index contributed by atoms with van der Waals surface area (Å²) in [6, 6.07) is 8.64. The van der Waals surface area contributed by atoms with Crippen LogP contribution in [0.15, 0.2) is 29.3 Å². The highest BCUT2D eigenvalue weighted by Gasteiger charge is 2.24. The third-order valence-electron chi connectivity index (χ3n) is 5.24. The molecule has 1 fully saturated rings. The Kier molecular flexibility index (Phi) is 9.58. The van der Waals surface area contributed by atoms with Gasteiger partial charge in [-0.3, -0.25) is 9.89 Å². The van der Waals surface area contributed by atoms with Gasteiger partial charge in [0.2, 0.25) is 0 Å². The van der Waals surface area contributed by atoms with Gasteiger partial charge in [0.05, 0.1) is 13.1 Å². The highest BCUT2D eigenvalue weighted by molar-refractivity contribution is 5.79. The molecule has 1 aromatic carbocycles. The number of nitrogens with one attached hydrogen (secondary N) is 2. The molecule has 1 aliphatic heterocycles. The Morgan fingerprint density at radius 2 is 1.79 bits per heavy atom. The molecular formula is C22H39N5O. The lowest BCUT2D eigenvalue weighted by Crippen LogP contribution is -2.52. The van der Waals surface area contributed by atoms with Crippen LogP contribution in [0.3, 0.4) is 0 Å². The van der Waals surface area contributed by atoms with E-state index in [0.717, 1.165) is 57.5 Å². The van der Waals surface area contributed by atoms with Gasteiger partial charge in [0.25, 0.3) is 0 Å². The van der Waals surface area contributed by atoms with Crippen LogP contribution in [0, 0.1) is 12.8 Å². The van der Waals surface area contributed by atoms with Gasteiger partial charge in [-0.05, 0) is 38.9 Å². The third kappa shape index (κ3) is 7.68. The lowest BCUT2D eigenvalue weighted by Gasteiger charge is -2.39. The Balaban J connectivity index is 1.82. The molecule has 2 rings (SSSR count). The quantitative estimate of drug-likeness (QED) is 0.385. The highest BCUT2D eigenvalue weighted by Crippen LogP contribution is 2.14. The molecule has 0 bridgehead atoms. The lowest BCUT2D eigenvalue weighted by molar-refractivity contribution is 0.0925. The monoisotopic (exact) mass is 389 g/mol. The van der Waals surface area contributed by atoms with Crippen molar-refractivity contribution in [1.82, 2.24) is 20.4 Å². The summed E-state index contributed by atoms with van der Waals surface area (Å²) in [5, 5.41) is 6.74. The predicted molar refractivity (Wildman–Crippen MR) is 118 cm³/mol. The summed E-state index contributed by atoms with van der Waals surface area (Å²) in [6.07, 6.45) is 0. The van der Waals surface area contributed by atoms with E-state index in [0.29, 0.717) is 18.6 Å². The topological polar surface area (TPSA) is 52.1 Å². The maximum atomic E-state index is 5.80. The molecule has 1 heterocycles. The van der Waals surface area contributed by atoms with Crippen molar-refractivity contribution in [2.45, 2.75) is 33.7 Å². The first-order valence-corrected chi connectivity index (χ1v) is 10.6. The fraction of sp³-hybridized carbons (Fsp3) is 0.682. The smallest absolute Gasteiger partial charge is 0.191 e. The normalized spacial score (nSPS) is 17.6. The predicted octanol–water partition coefficient (Wildman–Crippen LogP) is 2.20. The van der Waals surface area contributed by atoms with Crippen LogP contribution in [0.4, 0.5) is 0 Å². The molecule has 158 valence electrons. The fourth-order valence-corrected chi connectivity index (χ4v) is 3.40. The fourth-order valence-electron chi connectivity index (χ4n) is 3.40. The van der Waals surface area contributed by atoms with Gasteiger partial charge >= 0.3 is 0 Å². The molecule has 1 unspecified atom stereocenters. The lowest BCUT2D eigenvalue weighted by atomic mass is 10.0. The standard InChI is InChI=1S/C22H39N5O/c1-6-23-22(24-11-16-28-20-9-7-19(4)8-10-20)25-17-21(18(2)3)27-14-12-26(5)13-15-27/h7-10,18,21H,6,11-17H2,1-5H3,(H2,23,24,25). The molecule has 2 N–H and O–H groups in total. The summed E-state index contributed by atoms with van der Waals surface area (Å²) < 4.78 is 5.80. The largest absolute Gasteiger partial charge is 0.492 e. The number of rotatable bonds is 9. The second-order valence-electron chi connectivity index (χ2n) is 7.96. The van der Waals surface area contributed by atoms with E-state index in [-0.39, 0.29) is 0 Å². The first-order valence-electron chi connectivity index (χ1n) is 10.6. The van der Waals surface area contributed by atoms with E-state index in [1.54, 1.807) is 0 Å². The minimum Gasteiger partial charge on any atom is -0.492 e. The van der Waals surface area contributed by atoms with Gasteiger partial charge in [0.1, 0.15) is 12.4 Å². The minimum atomic E-state index is 0.480. The van der Waals surface area contributed by atoms with E-state index in [9.17, 15) is 0 Å². The molecule has 6 nitrogen and oxygen atoms in total. The molecule has 0 radical (unpaired) electrons. The minimum absolute atomic E-state index is 0.480. The number of piperazine rings is 1. The van der Waals surface area contributed by atoms with Crippen molar-refractivity contribution in [1.29, 1.82) is 0 Å². The van der Waals surface area contributed by atoms with Crippen molar-refractivity contribution in [3.05, 3.63) is 29.8 Å². The zero-order chi connectivity index (χ0) is 20.4. The molecule has 0 spiro atoms. The second-order valence-corrected chi connectivity index (χ2v) is 7.96. The van der Waals surface area contributed by atoms with E-state index in [4.69, 9.17) is 9.73 Å². The van der Waals surface area contributed by atoms with Crippen molar-refractivity contribution in [2.75, 3.05) is 59.5 Å². The second kappa shape index (κ2) is 11.9. The summed E-state index contributed by atoms with van der Waals surface area (Å²) in [5.41, 5.74) is 1.24. The van der Waals surface area contributed by atoms with E-state index >= 15 is 0 Å². The van der Waals surface area contributed by atoms with Crippen LogP contribution in [0.2, 0.25) is 0 Å². The molecule has 6 heteroatoms. The van der Waals surface area contributed by atoms with Crippen LogP contribution in [-0.4, -0.2) is 81.3 Å². The maximum absolute atomic E-state index is 5.80. The number of benzene rings is 1. The maximum Gasteiger partial charge on any atom is 0.191 e. The van der Waals surface area contributed by atoms with E-state index < -0.39 is 0 Å². The van der Waals surface area contributed by atoms with Crippen molar-refractivity contribution >= 4 is 5.96 Å². The van der Waals surface area contributed by atoms with Gasteiger partial charge in [-0.25, -0.2) is 0 Å². The van der Waals surface area contributed by atoms with Gasteiger partial charge in [0, 0.05) is 38.8 Å². The first-order chi connectivity index (χ1) is 13.5. The van der Waals surface area contributed by atoms with Crippen LogP contribution in [0.5, 0.6) is 5.75 Å². The molecule has 1 atom stereocenters. The molecule has 0 saturated carbocycles. The molecule has 0 aromatic heterocycles. The van der Waals surface area contributed by atoms with E-state index in [1.165, 1.54) is 5.56 Å². The van der Waals surface area contributed by atoms with Crippen molar-refractivity contribution in [3.8, 4) is 5.75 Å². The van der Waals surface area contributed by atoms with Crippen molar-refractivity contribution in [3.63, 3.8) is 0 Å². The Bertz CT molecular complexity index is 579. The van der Waals surface area contributed by atoms with Gasteiger partial charge in [-0.1, -0.05) is 31.5 Å². The van der Waals surface area contributed by atoms with Gasteiger partial charge < -0.3 is 20.3 Å². The molecular weight excluding hydrogens is 350 g/mol. The summed E-state index contributed by atoms with van der Waals surface area (Å²) in [4.78, 5) is 9.86. The van der Waals surface area contributed by atoms with Crippen molar-refractivity contribution in [2.24, 2.45) is 10.9 Å². The van der Waals surface area contributed by atoms with E-state index in [2.05, 4.69) is 67.3 Å². The number of ether oxygens (including phenoxy) is 1. The number of aliphatic imine (C=N–C) groups is 1. The van der Waals surface area contributed by atoms with Crippen LogP contribution < -0.4 is 15.4 Å². The molecule has 1 saturated heterocycles. The van der Waals surface area contributed by atoms with Crippen LogP contribution in [-0.2, 0) is 0 Å². The van der Waals surface area contributed by atoms with Crippen LogP contribution in [0.1, 0.15) is 26.3 Å². The van der Waals surface area contributed by atoms with Crippen LogP contribution >= 0.6 is 0 Å². The van der Waals surface area contributed by atoms with Gasteiger partial charge in [0.15, 0.2) is 5.96 Å². The first kappa shape index (κ1) is 22.5. The van der Waals surface area contributed by atoms with Crippen molar-refractivity contribution < 1.29 is 4.74 Å². The zero-order valence-electron chi connectivity index (χ0n) is 18.4. The number of hydrogen-bond acceptors (Lipinski definition) is 4. The molecule has 0 aliphatic carbocycles. The number of nitrogens with zero attached hydrogens (tertiary/aromatic N) is 3. The molecule has 1 aliphatic rings. The zero-order valence-corrected chi connectivity index (χ0v) is 18.4. The van der Waals surface area contributed by atoms with E-state index in [1.807, 2.05) is 12.1 Å². The third-order valence-corrected chi connectivity index (χ3v) is 5.24. The Morgan fingerprint density at radius 3 is 2.39 bits per heavy atom. The SMILES string of the molecule is CCNC(=NCC(C(C)C)N1CCN(C)CC1)NCCOc1ccc(C)cc1. The number of aryl methyl sites for hydroxylation is 1. The summed E-state index contributed by atoms with van der Waals surface area (Å²) >= 11 is 0. The molecule has 0 amide bonds.